The first kappa shape index (κ1) is 16.1. The monoisotopic (exact) mass is 323 g/mol. The van der Waals surface area contributed by atoms with Gasteiger partial charge in [0.05, 0.1) is 0 Å². The molecule has 1 aromatic carbocycles. The Morgan fingerprint density at radius 3 is 3.17 bits per heavy atom. The standard InChI is InChI=1S/C17H21N7/c1-13-5-2-3-8-24(13)12-14-6-4-7-16(9-14)19-11-15(10-18)17-20-22-23-21-17/h4,6-7,9,11,13,19H,2-3,5,8,12H2,1H3,(H,20,21,22,23). The van der Waals surface area contributed by atoms with Crippen LogP contribution in [-0.4, -0.2) is 38.1 Å². The van der Waals surface area contributed by atoms with Gasteiger partial charge in [-0.25, -0.2) is 0 Å². The summed E-state index contributed by atoms with van der Waals surface area (Å²) in [5, 5.41) is 25.8. The number of nitriles is 1. The van der Waals surface area contributed by atoms with Crippen molar-refractivity contribution in [2.75, 3.05) is 11.9 Å². The molecule has 1 atom stereocenters. The summed E-state index contributed by atoms with van der Waals surface area (Å²) in [6, 6.07) is 11.0. The Morgan fingerprint density at radius 2 is 2.42 bits per heavy atom. The maximum atomic E-state index is 9.19. The zero-order valence-electron chi connectivity index (χ0n) is 13.7. The fourth-order valence-corrected chi connectivity index (χ4v) is 2.96. The van der Waals surface area contributed by atoms with Gasteiger partial charge in [0.2, 0.25) is 5.82 Å². The lowest BCUT2D eigenvalue weighted by Gasteiger charge is -2.33. The number of H-pyrrole nitrogens is 1. The number of piperidine rings is 1. The number of tetrazole rings is 1. The van der Waals surface area contributed by atoms with E-state index in [9.17, 15) is 5.26 Å². The highest BCUT2D eigenvalue weighted by molar-refractivity contribution is 5.74. The second-order valence-corrected chi connectivity index (χ2v) is 6.07. The molecule has 1 fully saturated rings. The predicted octanol–water partition coefficient (Wildman–Crippen LogP) is 2.55. The summed E-state index contributed by atoms with van der Waals surface area (Å²) in [5.41, 5.74) is 2.53. The topological polar surface area (TPSA) is 93.5 Å². The van der Waals surface area contributed by atoms with Gasteiger partial charge in [-0.3, -0.25) is 4.90 Å². The lowest BCUT2D eigenvalue weighted by molar-refractivity contribution is 0.152. The maximum Gasteiger partial charge on any atom is 0.216 e. The molecule has 0 bridgehead atoms. The van der Waals surface area contributed by atoms with Crippen molar-refractivity contribution in [1.29, 1.82) is 5.26 Å². The van der Waals surface area contributed by atoms with Gasteiger partial charge < -0.3 is 5.32 Å². The van der Waals surface area contributed by atoms with E-state index in [1.165, 1.54) is 24.8 Å². The van der Waals surface area contributed by atoms with Crippen LogP contribution in [0.25, 0.3) is 5.57 Å². The van der Waals surface area contributed by atoms with E-state index in [4.69, 9.17) is 0 Å². The van der Waals surface area contributed by atoms with Crippen molar-refractivity contribution in [3.8, 4) is 6.07 Å². The number of benzene rings is 1. The summed E-state index contributed by atoms with van der Waals surface area (Å²) in [6.45, 7) is 4.42. The van der Waals surface area contributed by atoms with Crippen molar-refractivity contribution < 1.29 is 0 Å². The number of aromatic amines is 1. The molecule has 2 N–H and O–H groups in total. The summed E-state index contributed by atoms with van der Waals surface area (Å²) >= 11 is 0. The third-order valence-electron chi connectivity index (χ3n) is 4.34. The Hall–Kier alpha value is -2.72. The summed E-state index contributed by atoms with van der Waals surface area (Å²) in [4.78, 5) is 2.53. The summed E-state index contributed by atoms with van der Waals surface area (Å²) in [5.74, 6) is 0.281. The van der Waals surface area contributed by atoms with Crippen molar-refractivity contribution in [2.45, 2.75) is 38.8 Å². The molecule has 1 aromatic heterocycles. The van der Waals surface area contributed by atoms with Crippen molar-refractivity contribution in [3.63, 3.8) is 0 Å². The minimum absolute atomic E-state index is 0.281. The van der Waals surface area contributed by atoms with Crippen LogP contribution in [0, 0.1) is 11.3 Å². The fraction of sp³-hybridized carbons (Fsp3) is 0.412. The molecule has 0 radical (unpaired) electrons. The summed E-state index contributed by atoms with van der Waals surface area (Å²) < 4.78 is 0. The molecule has 0 aliphatic carbocycles. The second-order valence-electron chi connectivity index (χ2n) is 6.07. The molecular formula is C17H21N7. The average Bonchev–Trinajstić information content (AvgIpc) is 3.12. The average molecular weight is 323 g/mol. The number of rotatable bonds is 5. The molecule has 0 saturated carbocycles. The Kier molecular flexibility index (Phi) is 5.18. The van der Waals surface area contributed by atoms with Gasteiger partial charge in [0.1, 0.15) is 11.6 Å². The maximum absolute atomic E-state index is 9.19. The molecule has 1 saturated heterocycles. The first-order valence-corrected chi connectivity index (χ1v) is 8.20. The predicted molar refractivity (Wildman–Crippen MR) is 91.6 cm³/mol. The SMILES string of the molecule is CC1CCCCN1Cc1cccc(NC=C(C#N)c2nn[nH]n2)c1. The highest BCUT2D eigenvalue weighted by atomic mass is 15.5. The summed E-state index contributed by atoms with van der Waals surface area (Å²) in [7, 11) is 0. The zero-order valence-corrected chi connectivity index (χ0v) is 13.7. The van der Waals surface area contributed by atoms with Gasteiger partial charge in [0.15, 0.2) is 0 Å². The van der Waals surface area contributed by atoms with Crippen LogP contribution in [0.3, 0.4) is 0 Å². The number of nitrogens with zero attached hydrogens (tertiary/aromatic N) is 5. The van der Waals surface area contributed by atoms with Crippen LogP contribution in [0.2, 0.25) is 0 Å². The number of hydrogen-bond acceptors (Lipinski definition) is 6. The summed E-state index contributed by atoms with van der Waals surface area (Å²) in [6.07, 6.45) is 5.49. The van der Waals surface area contributed by atoms with Crippen LogP contribution in [0.5, 0.6) is 0 Å². The quantitative estimate of drug-likeness (QED) is 0.821. The highest BCUT2D eigenvalue weighted by Crippen LogP contribution is 2.20. The lowest BCUT2D eigenvalue weighted by Crippen LogP contribution is -2.36. The molecule has 1 aliphatic heterocycles. The molecule has 2 heterocycles. The van der Waals surface area contributed by atoms with Crippen LogP contribution in [0.1, 0.15) is 37.6 Å². The zero-order chi connectivity index (χ0) is 16.8. The van der Waals surface area contributed by atoms with Gasteiger partial charge >= 0.3 is 0 Å². The molecule has 124 valence electrons. The van der Waals surface area contributed by atoms with Crippen molar-refractivity contribution >= 4 is 11.3 Å². The van der Waals surface area contributed by atoms with Crippen LogP contribution in [0.15, 0.2) is 30.5 Å². The first-order valence-electron chi connectivity index (χ1n) is 8.20. The van der Waals surface area contributed by atoms with E-state index in [0.717, 1.165) is 18.8 Å². The van der Waals surface area contributed by atoms with Gasteiger partial charge in [-0.2, -0.15) is 10.5 Å². The van der Waals surface area contributed by atoms with Gasteiger partial charge in [0.25, 0.3) is 0 Å². The third-order valence-corrected chi connectivity index (χ3v) is 4.34. The first-order chi connectivity index (χ1) is 11.8. The number of nitrogens with one attached hydrogen (secondary N) is 2. The molecule has 2 aromatic rings. The van der Waals surface area contributed by atoms with E-state index in [1.807, 2.05) is 12.1 Å². The van der Waals surface area contributed by atoms with Crippen LogP contribution in [-0.2, 0) is 6.54 Å². The Balaban J connectivity index is 1.68. The van der Waals surface area contributed by atoms with Gasteiger partial charge in [0, 0.05) is 24.5 Å². The van der Waals surface area contributed by atoms with Crippen molar-refractivity contribution in [1.82, 2.24) is 25.5 Å². The molecule has 0 amide bonds. The van der Waals surface area contributed by atoms with E-state index in [0.29, 0.717) is 11.6 Å². The minimum atomic E-state index is 0.281. The second kappa shape index (κ2) is 7.70. The fourth-order valence-electron chi connectivity index (χ4n) is 2.96. The van der Waals surface area contributed by atoms with Gasteiger partial charge in [-0.1, -0.05) is 18.6 Å². The molecule has 1 unspecified atom stereocenters. The molecular weight excluding hydrogens is 302 g/mol. The molecule has 7 nitrogen and oxygen atoms in total. The lowest BCUT2D eigenvalue weighted by atomic mass is 10.0. The number of hydrogen-bond donors (Lipinski definition) is 2. The van der Waals surface area contributed by atoms with E-state index >= 15 is 0 Å². The van der Waals surface area contributed by atoms with Crippen LogP contribution in [0.4, 0.5) is 5.69 Å². The number of aromatic nitrogens is 4. The Labute approximate surface area is 141 Å². The normalized spacial score (nSPS) is 19.0. The van der Waals surface area contributed by atoms with Gasteiger partial charge in [-0.15, -0.1) is 10.2 Å². The molecule has 1 aliphatic rings. The van der Waals surface area contributed by atoms with E-state index < -0.39 is 0 Å². The van der Waals surface area contributed by atoms with Gasteiger partial charge in [-0.05, 0) is 49.2 Å². The van der Waals surface area contributed by atoms with E-state index in [2.05, 4.69) is 56.0 Å². The molecule has 0 spiro atoms. The number of likely N-dealkylation sites (tertiary alicyclic amines) is 1. The Bertz CT molecular complexity index is 730. The van der Waals surface area contributed by atoms with Crippen LogP contribution >= 0.6 is 0 Å². The third kappa shape index (κ3) is 3.97. The largest absolute Gasteiger partial charge is 0.360 e. The van der Waals surface area contributed by atoms with Crippen molar-refractivity contribution in [3.05, 3.63) is 41.9 Å². The number of anilines is 1. The molecule has 24 heavy (non-hydrogen) atoms. The van der Waals surface area contributed by atoms with Crippen LogP contribution < -0.4 is 5.32 Å². The highest BCUT2D eigenvalue weighted by Gasteiger charge is 2.18. The Morgan fingerprint density at radius 1 is 1.50 bits per heavy atom. The molecule has 3 rings (SSSR count). The minimum Gasteiger partial charge on any atom is -0.360 e. The number of allylic oxidation sites excluding steroid dienone is 1. The molecule has 7 heteroatoms. The smallest absolute Gasteiger partial charge is 0.216 e. The van der Waals surface area contributed by atoms with E-state index in [1.54, 1.807) is 6.20 Å². The van der Waals surface area contributed by atoms with E-state index in [-0.39, 0.29) is 5.82 Å². The van der Waals surface area contributed by atoms with Crippen molar-refractivity contribution in [2.24, 2.45) is 0 Å².